The Morgan fingerprint density at radius 3 is 1.75 bits per heavy atom. The summed E-state index contributed by atoms with van der Waals surface area (Å²) in [5.74, 6) is 0. The molecule has 2 unspecified atom stereocenters. The van der Waals surface area contributed by atoms with Gasteiger partial charge in [-0.3, -0.25) is 0 Å². The Kier molecular flexibility index (Phi) is 9.36. The molecule has 3 N–H and O–H groups in total. The van der Waals surface area contributed by atoms with E-state index in [1.807, 2.05) is 0 Å². The summed E-state index contributed by atoms with van der Waals surface area (Å²) in [4.78, 5) is 0. The molecule has 0 aliphatic heterocycles. The average molecular weight is 150 g/mol. The summed E-state index contributed by atoms with van der Waals surface area (Å²) in [6, 6.07) is 0. The van der Waals surface area contributed by atoms with Gasteiger partial charge in [-0.2, -0.15) is 0 Å². The Labute approximate surface area is 74.6 Å². The van der Waals surface area contributed by atoms with E-state index in [0.717, 1.165) is 0 Å². The van der Waals surface area contributed by atoms with Gasteiger partial charge in [0.25, 0.3) is 0 Å². The number of rotatable bonds is 2. The summed E-state index contributed by atoms with van der Waals surface area (Å²) in [5, 5.41) is 24.5. The SMILES string of the molecule is OCC(O)C(O)Cl.[Na]. The maximum absolute atomic E-state index is 8.30. The molecule has 0 aliphatic carbocycles. The minimum Gasteiger partial charge on any atom is -0.394 e. The van der Waals surface area contributed by atoms with E-state index in [9.17, 15) is 0 Å². The number of aliphatic hydroxyl groups is 3. The van der Waals surface area contributed by atoms with Crippen LogP contribution in [0.3, 0.4) is 0 Å². The van der Waals surface area contributed by atoms with Gasteiger partial charge >= 0.3 is 0 Å². The van der Waals surface area contributed by atoms with Gasteiger partial charge in [0, 0.05) is 29.6 Å². The molecule has 0 saturated carbocycles. The van der Waals surface area contributed by atoms with Gasteiger partial charge in [0.1, 0.15) is 6.10 Å². The van der Waals surface area contributed by atoms with Crippen molar-refractivity contribution in [3.8, 4) is 0 Å². The molecular weight excluding hydrogens is 142 g/mol. The van der Waals surface area contributed by atoms with Crippen molar-refractivity contribution in [1.82, 2.24) is 0 Å². The van der Waals surface area contributed by atoms with Crippen LogP contribution in [0.15, 0.2) is 0 Å². The summed E-state index contributed by atoms with van der Waals surface area (Å²) < 4.78 is 0. The molecule has 0 heterocycles. The van der Waals surface area contributed by atoms with E-state index in [1.54, 1.807) is 0 Å². The number of aliphatic hydroxyl groups excluding tert-OH is 3. The normalized spacial score (nSPS) is 16.5. The van der Waals surface area contributed by atoms with E-state index in [1.165, 1.54) is 0 Å². The molecule has 8 heavy (non-hydrogen) atoms. The summed E-state index contributed by atoms with van der Waals surface area (Å²) >= 11 is 4.87. The van der Waals surface area contributed by atoms with E-state index in [-0.39, 0.29) is 29.6 Å². The first kappa shape index (κ1) is 11.9. The molecule has 0 aliphatic rings. The van der Waals surface area contributed by atoms with Crippen LogP contribution in [-0.2, 0) is 0 Å². The Morgan fingerprint density at radius 1 is 1.38 bits per heavy atom. The van der Waals surface area contributed by atoms with Gasteiger partial charge in [-0.1, -0.05) is 11.6 Å². The van der Waals surface area contributed by atoms with Crippen LogP contribution >= 0.6 is 11.6 Å². The molecule has 0 aromatic heterocycles. The molecule has 0 rings (SSSR count). The number of alkyl halides is 1. The van der Waals surface area contributed by atoms with Crippen molar-refractivity contribution in [3.63, 3.8) is 0 Å². The van der Waals surface area contributed by atoms with Gasteiger partial charge in [-0.15, -0.1) is 0 Å². The van der Waals surface area contributed by atoms with Crippen LogP contribution in [-0.4, -0.2) is 63.2 Å². The molecule has 3 nitrogen and oxygen atoms in total. The Morgan fingerprint density at radius 2 is 1.75 bits per heavy atom. The standard InChI is InChI=1S/C3H7ClO3.Na/c4-3(7)2(6)1-5;/h2-3,5-7H,1H2;. The first-order chi connectivity index (χ1) is 3.18. The van der Waals surface area contributed by atoms with Crippen molar-refractivity contribution in [2.45, 2.75) is 11.7 Å². The van der Waals surface area contributed by atoms with Crippen LogP contribution in [0.2, 0.25) is 0 Å². The number of hydrogen-bond acceptors (Lipinski definition) is 3. The molecule has 0 fully saturated rings. The largest absolute Gasteiger partial charge is 0.394 e. The van der Waals surface area contributed by atoms with Crippen LogP contribution in [0.4, 0.5) is 0 Å². The predicted molar refractivity (Wildman–Crippen MR) is 30.7 cm³/mol. The molecule has 0 spiro atoms. The summed E-state index contributed by atoms with van der Waals surface area (Å²) in [6.07, 6.45) is -1.22. The summed E-state index contributed by atoms with van der Waals surface area (Å²) in [5.41, 5.74) is -1.36. The second kappa shape index (κ2) is 6.29. The van der Waals surface area contributed by atoms with Crippen LogP contribution in [0, 0.1) is 0 Å². The molecular formula is C3H7ClNaO3. The third-order valence-corrected chi connectivity index (χ3v) is 0.795. The Hall–Kier alpha value is 1.17. The predicted octanol–water partition coefficient (Wildman–Crippen LogP) is -1.48. The fourth-order valence-corrected chi connectivity index (χ4v) is 0.167. The molecule has 2 atom stereocenters. The van der Waals surface area contributed by atoms with Gasteiger partial charge in [0.05, 0.1) is 6.61 Å². The zero-order valence-electron chi connectivity index (χ0n) is 4.58. The van der Waals surface area contributed by atoms with Gasteiger partial charge in [-0.05, 0) is 0 Å². The molecule has 0 aromatic rings. The van der Waals surface area contributed by atoms with Crippen molar-refractivity contribution in [2.75, 3.05) is 6.61 Å². The van der Waals surface area contributed by atoms with E-state index in [2.05, 4.69) is 0 Å². The van der Waals surface area contributed by atoms with Gasteiger partial charge in [0.2, 0.25) is 0 Å². The number of halogens is 1. The molecule has 0 saturated heterocycles. The van der Waals surface area contributed by atoms with Crippen molar-refractivity contribution < 1.29 is 15.3 Å². The zero-order chi connectivity index (χ0) is 5.86. The zero-order valence-corrected chi connectivity index (χ0v) is 7.34. The fraction of sp³-hybridized carbons (Fsp3) is 1.00. The quantitative estimate of drug-likeness (QED) is 0.331. The molecule has 45 valence electrons. The second-order valence-electron chi connectivity index (χ2n) is 1.12. The second-order valence-corrected chi connectivity index (χ2v) is 1.57. The minimum atomic E-state index is -1.36. The Balaban J connectivity index is 0. The first-order valence-corrected chi connectivity index (χ1v) is 2.23. The van der Waals surface area contributed by atoms with Crippen molar-refractivity contribution in [3.05, 3.63) is 0 Å². The third-order valence-electron chi connectivity index (χ3n) is 0.505. The Bertz CT molecular complexity index is 51.8. The fourth-order valence-electron chi connectivity index (χ4n) is 0.0870. The van der Waals surface area contributed by atoms with E-state index in [0.29, 0.717) is 0 Å². The molecule has 0 aromatic carbocycles. The molecule has 1 radical (unpaired) electrons. The van der Waals surface area contributed by atoms with Crippen molar-refractivity contribution >= 4 is 41.2 Å². The van der Waals surface area contributed by atoms with Crippen LogP contribution in [0.5, 0.6) is 0 Å². The topological polar surface area (TPSA) is 60.7 Å². The third kappa shape index (κ3) is 5.31. The van der Waals surface area contributed by atoms with Gasteiger partial charge in [0.15, 0.2) is 5.56 Å². The summed E-state index contributed by atoms with van der Waals surface area (Å²) in [6.45, 7) is -0.509. The van der Waals surface area contributed by atoms with Crippen LogP contribution in [0.25, 0.3) is 0 Å². The maximum atomic E-state index is 8.30. The van der Waals surface area contributed by atoms with Gasteiger partial charge in [-0.25, -0.2) is 0 Å². The average Bonchev–Trinajstić information content (AvgIpc) is 1.65. The van der Waals surface area contributed by atoms with Gasteiger partial charge < -0.3 is 15.3 Å². The maximum Gasteiger partial charge on any atom is 0.155 e. The van der Waals surface area contributed by atoms with E-state index >= 15 is 0 Å². The van der Waals surface area contributed by atoms with Crippen molar-refractivity contribution in [1.29, 1.82) is 0 Å². The minimum absolute atomic E-state index is 0. The van der Waals surface area contributed by atoms with E-state index < -0.39 is 18.3 Å². The molecule has 5 heteroatoms. The van der Waals surface area contributed by atoms with Crippen molar-refractivity contribution in [2.24, 2.45) is 0 Å². The number of hydrogen-bond donors (Lipinski definition) is 3. The molecule has 0 bridgehead atoms. The van der Waals surface area contributed by atoms with Crippen LogP contribution in [0.1, 0.15) is 0 Å². The first-order valence-electron chi connectivity index (χ1n) is 1.79. The monoisotopic (exact) mass is 149 g/mol. The summed E-state index contributed by atoms with van der Waals surface area (Å²) in [7, 11) is 0. The van der Waals surface area contributed by atoms with E-state index in [4.69, 9.17) is 26.9 Å². The molecule has 0 amide bonds. The van der Waals surface area contributed by atoms with Crippen LogP contribution < -0.4 is 0 Å². The smallest absolute Gasteiger partial charge is 0.155 e.